The molecule has 2 rings (SSSR count). The van der Waals surface area contributed by atoms with E-state index in [2.05, 4.69) is 10.3 Å². The number of amides is 1. The van der Waals surface area contributed by atoms with Crippen molar-refractivity contribution < 1.29 is 9.72 Å². The Morgan fingerprint density at radius 2 is 1.95 bits per heavy atom. The van der Waals surface area contributed by atoms with E-state index in [0.717, 1.165) is 0 Å². The van der Waals surface area contributed by atoms with Crippen LogP contribution < -0.4 is 5.32 Å². The van der Waals surface area contributed by atoms with Gasteiger partial charge in [-0.1, -0.05) is 18.2 Å². The minimum absolute atomic E-state index is 0.150. The molecule has 2 aromatic rings. The molecule has 1 amide bonds. The second-order valence-electron chi connectivity index (χ2n) is 3.89. The average molecular weight is 257 g/mol. The lowest BCUT2D eigenvalue weighted by molar-refractivity contribution is -0.383. The molecule has 1 heterocycles. The van der Waals surface area contributed by atoms with Crippen LogP contribution in [-0.4, -0.2) is 15.8 Å². The molecule has 0 aliphatic carbocycles. The SMILES string of the molecule is Cc1cccc(C(=O)Nc2ccccc2[N+](=O)[O-])n1. The van der Waals surface area contributed by atoms with E-state index in [1.165, 1.54) is 12.1 Å². The van der Waals surface area contributed by atoms with Gasteiger partial charge in [0.25, 0.3) is 11.6 Å². The second-order valence-corrected chi connectivity index (χ2v) is 3.89. The lowest BCUT2D eigenvalue weighted by Gasteiger charge is -2.05. The molecule has 0 saturated heterocycles. The number of aromatic nitrogens is 1. The van der Waals surface area contributed by atoms with Gasteiger partial charge >= 0.3 is 0 Å². The Balaban J connectivity index is 2.27. The van der Waals surface area contributed by atoms with E-state index in [-0.39, 0.29) is 17.1 Å². The van der Waals surface area contributed by atoms with Crippen molar-refractivity contribution in [2.24, 2.45) is 0 Å². The number of hydrogen-bond donors (Lipinski definition) is 1. The Kier molecular flexibility index (Phi) is 3.51. The fourth-order valence-electron chi connectivity index (χ4n) is 1.59. The molecule has 6 heteroatoms. The maximum Gasteiger partial charge on any atom is 0.292 e. The highest BCUT2D eigenvalue weighted by Crippen LogP contribution is 2.23. The van der Waals surface area contributed by atoms with Crippen LogP contribution in [0.25, 0.3) is 0 Å². The number of nitrogens with zero attached hydrogens (tertiary/aromatic N) is 2. The van der Waals surface area contributed by atoms with Crippen molar-refractivity contribution >= 4 is 17.3 Å². The fraction of sp³-hybridized carbons (Fsp3) is 0.0769. The standard InChI is InChI=1S/C13H11N3O3/c1-9-5-4-7-11(14-9)13(17)15-10-6-2-3-8-12(10)16(18)19/h2-8H,1H3,(H,15,17). The molecule has 0 bridgehead atoms. The molecule has 0 aliphatic rings. The summed E-state index contributed by atoms with van der Waals surface area (Å²) in [7, 11) is 0. The first-order valence-corrected chi connectivity index (χ1v) is 5.56. The number of carbonyl (C=O) groups excluding carboxylic acids is 1. The van der Waals surface area contributed by atoms with Gasteiger partial charge in [0.05, 0.1) is 4.92 Å². The van der Waals surface area contributed by atoms with Crippen molar-refractivity contribution in [1.29, 1.82) is 0 Å². The quantitative estimate of drug-likeness (QED) is 0.676. The zero-order valence-corrected chi connectivity index (χ0v) is 10.2. The van der Waals surface area contributed by atoms with Gasteiger partial charge < -0.3 is 5.32 Å². The Morgan fingerprint density at radius 1 is 1.21 bits per heavy atom. The van der Waals surface area contributed by atoms with Gasteiger partial charge in [0.2, 0.25) is 0 Å². The number of nitro benzene ring substituents is 1. The van der Waals surface area contributed by atoms with Crippen LogP contribution in [0.15, 0.2) is 42.5 Å². The van der Waals surface area contributed by atoms with Crippen molar-refractivity contribution in [2.75, 3.05) is 5.32 Å². The van der Waals surface area contributed by atoms with Crippen molar-refractivity contribution in [1.82, 2.24) is 4.98 Å². The van der Waals surface area contributed by atoms with Crippen molar-refractivity contribution in [3.05, 3.63) is 64.0 Å². The lowest BCUT2D eigenvalue weighted by atomic mass is 10.2. The van der Waals surface area contributed by atoms with Gasteiger partial charge in [-0.05, 0) is 25.1 Å². The van der Waals surface area contributed by atoms with E-state index in [9.17, 15) is 14.9 Å². The molecule has 0 aliphatic heterocycles. The summed E-state index contributed by atoms with van der Waals surface area (Å²) >= 11 is 0. The maximum atomic E-state index is 11.9. The van der Waals surface area contributed by atoms with Gasteiger partial charge in [-0.15, -0.1) is 0 Å². The minimum atomic E-state index is -0.542. The highest BCUT2D eigenvalue weighted by molar-refractivity contribution is 6.04. The number of nitrogens with one attached hydrogen (secondary N) is 1. The minimum Gasteiger partial charge on any atom is -0.315 e. The highest BCUT2D eigenvalue weighted by Gasteiger charge is 2.16. The molecule has 0 radical (unpaired) electrons. The van der Waals surface area contributed by atoms with Crippen molar-refractivity contribution in [3.63, 3.8) is 0 Å². The Hall–Kier alpha value is -2.76. The van der Waals surface area contributed by atoms with Crippen LogP contribution >= 0.6 is 0 Å². The van der Waals surface area contributed by atoms with Crippen LogP contribution in [-0.2, 0) is 0 Å². The average Bonchev–Trinajstić information content (AvgIpc) is 2.39. The summed E-state index contributed by atoms with van der Waals surface area (Å²) in [5, 5.41) is 13.3. The van der Waals surface area contributed by atoms with Crippen molar-refractivity contribution in [2.45, 2.75) is 6.92 Å². The van der Waals surface area contributed by atoms with Crippen LogP contribution in [0.3, 0.4) is 0 Å². The molecular formula is C13H11N3O3. The van der Waals surface area contributed by atoms with Gasteiger partial charge in [0, 0.05) is 11.8 Å². The van der Waals surface area contributed by atoms with Gasteiger partial charge in [-0.2, -0.15) is 0 Å². The van der Waals surface area contributed by atoms with E-state index < -0.39 is 10.8 Å². The Morgan fingerprint density at radius 3 is 2.63 bits per heavy atom. The van der Waals surface area contributed by atoms with Gasteiger partial charge in [-0.25, -0.2) is 4.98 Å². The number of hydrogen-bond acceptors (Lipinski definition) is 4. The van der Waals surface area contributed by atoms with E-state index in [4.69, 9.17) is 0 Å². The molecule has 1 aromatic heterocycles. The number of benzene rings is 1. The topological polar surface area (TPSA) is 85.1 Å². The summed E-state index contributed by atoms with van der Waals surface area (Å²) in [6.07, 6.45) is 0. The van der Waals surface area contributed by atoms with E-state index in [1.807, 2.05) is 0 Å². The number of aryl methyl sites for hydroxylation is 1. The molecule has 0 saturated carbocycles. The second kappa shape index (κ2) is 5.26. The monoisotopic (exact) mass is 257 g/mol. The number of rotatable bonds is 3. The molecule has 96 valence electrons. The van der Waals surface area contributed by atoms with Crippen LogP contribution in [0, 0.1) is 17.0 Å². The zero-order valence-electron chi connectivity index (χ0n) is 10.2. The smallest absolute Gasteiger partial charge is 0.292 e. The molecule has 19 heavy (non-hydrogen) atoms. The molecule has 1 N–H and O–H groups in total. The van der Waals surface area contributed by atoms with Gasteiger partial charge in [0.1, 0.15) is 11.4 Å². The van der Waals surface area contributed by atoms with Crippen LogP contribution in [0.5, 0.6) is 0 Å². The number of anilines is 1. The maximum absolute atomic E-state index is 11.9. The predicted molar refractivity (Wildman–Crippen MR) is 70.0 cm³/mol. The first-order chi connectivity index (χ1) is 9.08. The number of carbonyl (C=O) groups is 1. The third kappa shape index (κ3) is 2.92. The molecule has 6 nitrogen and oxygen atoms in total. The Bertz CT molecular complexity index is 641. The number of nitro groups is 1. The van der Waals surface area contributed by atoms with Gasteiger partial charge in [0.15, 0.2) is 0 Å². The van der Waals surface area contributed by atoms with Gasteiger partial charge in [-0.3, -0.25) is 14.9 Å². The lowest BCUT2D eigenvalue weighted by Crippen LogP contribution is -2.14. The molecule has 0 fully saturated rings. The summed E-state index contributed by atoms with van der Waals surface area (Å²) in [5.41, 5.74) is 0.928. The first-order valence-electron chi connectivity index (χ1n) is 5.56. The number of pyridine rings is 1. The fourth-order valence-corrected chi connectivity index (χ4v) is 1.59. The van der Waals surface area contributed by atoms with Crippen LogP contribution in [0.1, 0.15) is 16.2 Å². The van der Waals surface area contributed by atoms with E-state index in [1.54, 1.807) is 37.3 Å². The molecule has 0 atom stereocenters. The van der Waals surface area contributed by atoms with Crippen molar-refractivity contribution in [3.8, 4) is 0 Å². The molecular weight excluding hydrogens is 246 g/mol. The molecule has 0 unspecified atom stereocenters. The largest absolute Gasteiger partial charge is 0.315 e. The van der Waals surface area contributed by atoms with Crippen LogP contribution in [0.4, 0.5) is 11.4 Å². The normalized spacial score (nSPS) is 9.95. The predicted octanol–water partition coefficient (Wildman–Crippen LogP) is 2.55. The first kappa shape index (κ1) is 12.7. The number of para-hydroxylation sites is 2. The summed E-state index contributed by atoms with van der Waals surface area (Å²) < 4.78 is 0. The van der Waals surface area contributed by atoms with Crippen LogP contribution in [0.2, 0.25) is 0 Å². The third-order valence-corrected chi connectivity index (χ3v) is 2.47. The summed E-state index contributed by atoms with van der Waals surface area (Å²) in [4.78, 5) is 26.3. The Labute approximate surface area is 109 Å². The van der Waals surface area contributed by atoms with E-state index in [0.29, 0.717) is 5.69 Å². The summed E-state index contributed by atoms with van der Waals surface area (Å²) in [6, 6.07) is 11.0. The third-order valence-electron chi connectivity index (χ3n) is 2.47. The highest BCUT2D eigenvalue weighted by atomic mass is 16.6. The molecule has 1 aromatic carbocycles. The summed E-state index contributed by atoms with van der Waals surface area (Å²) in [5.74, 6) is -0.474. The summed E-state index contributed by atoms with van der Waals surface area (Å²) in [6.45, 7) is 1.77. The zero-order chi connectivity index (χ0) is 13.8. The molecule has 0 spiro atoms. The van der Waals surface area contributed by atoms with E-state index >= 15 is 0 Å².